The number of rotatable bonds is 4. The molecule has 130 valence electrons. The Morgan fingerprint density at radius 2 is 1.78 bits per heavy atom. The molecule has 0 bridgehead atoms. The van der Waals surface area contributed by atoms with Crippen molar-refractivity contribution in [3.63, 3.8) is 0 Å². The van der Waals surface area contributed by atoms with Gasteiger partial charge in [-0.3, -0.25) is 0 Å². The average molecular weight is 415 g/mol. The number of sulfonamides is 1. The predicted molar refractivity (Wildman–Crippen MR) is 85.8 cm³/mol. The zero-order chi connectivity index (χ0) is 17.3. The van der Waals surface area contributed by atoms with Crippen molar-refractivity contribution < 1.29 is 21.6 Å². The summed E-state index contributed by atoms with van der Waals surface area (Å²) in [5.41, 5.74) is 0.676. The second-order valence-electron chi connectivity index (χ2n) is 5.58. The highest BCUT2D eigenvalue weighted by Gasteiger charge is 2.41. The molecule has 1 aromatic rings. The number of hydrogen-bond donors (Lipinski definition) is 2. The molecule has 0 radical (unpaired) electrons. The monoisotopic (exact) mass is 414 g/mol. The fraction of sp³-hybridized carbons (Fsp3) is 0.571. The maximum absolute atomic E-state index is 12.7. The summed E-state index contributed by atoms with van der Waals surface area (Å²) in [6.07, 6.45) is -3.01. The Labute approximate surface area is 142 Å². The third-order valence-corrected chi connectivity index (χ3v) is 6.14. The molecule has 2 N–H and O–H groups in total. The molecule has 0 unspecified atom stereocenters. The minimum absolute atomic E-state index is 0.0448. The van der Waals surface area contributed by atoms with Crippen molar-refractivity contribution in [2.75, 3.05) is 12.4 Å². The van der Waals surface area contributed by atoms with Crippen LogP contribution in [0.1, 0.15) is 25.7 Å². The van der Waals surface area contributed by atoms with Crippen molar-refractivity contribution in [3.8, 4) is 0 Å². The van der Waals surface area contributed by atoms with Crippen LogP contribution >= 0.6 is 15.9 Å². The predicted octanol–water partition coefficient (Wildman–Crippen LogP) is 3.89. The Morgan fingerprint density at radius 1 is 1.17 bits per heavy atom. The SMILES string of the molecule is CNS(=O)(=O)c1ccc(N[C@H]2CC[C@H](C(F)(F)F)CC2)c(Br)c1. The first-order valence-corrected chi connectivity index (χ1v) is 9.47. The molecule has 0 atom stereocenters. The summed E-state index contributed by atoms with van der Waals surface area (Å²) in [6.45, 7) is 0. The van der Waals surface area contributed by atoms with E-state index in [9.17, 15) is 21.6 Å². The van der Waals surface area contributed by atoms with Gasteiger partial charge in [-0.1, -0.05) is 0 Å². The lowest BCUT2D eigenvalue weighted by atomic mass is 9.85. The van der Waals surface area contributed by atoms with Crippen LogP contribution in [0.2, 0.25) is 0 Å². The fourth-order valence-electron chi connectivity index (χ4n) is 2.68. The van der Waals surface area contributed by atoms with E-state index in [-0.39, 0.29) is 23.8 Å². The summed E-state index contributed by atoms with van der Waals surface area (Å²) in [5.74, 6) is -1.22. The molecule has 1 aliphatic rings. The molecule has 1 aromatic carbocycles. The highest BCUT2D eigenvalue weighted by atomic mass is 79.9. The van der Waals surface area contributed by atoms with Crippen molar-refractivity contribution in [1.82, 2.24) is 4.72 Å². The number of halogens is 4. The lowest BCUT2D eigenvalue weighted by molar-refractivity contribution is -0.182. The molecule has 0 aromatic heterocycles. The minimum Gasteiger partial charge on any atom is -0.381 e. The van der Waals surface area contributed by atoms with Gasteiger partial charge in [0.1, 0.15) is 0 Å². The molecule has 0 heterocycles. The van der Waals surface area contributed by atoms with E-state index in [1.807, 2.05) is 0 Å². The maximum atomic E-state index is 12.7. The maximum Gasteiger partial charge on any atom is 0.391 e. The van der Waals surface area contributed by atoms with Crippen molar-refractivity contribution in [1.29, 1.82) is 0 Å². The van der Waals surface area contributed by atoms with Crippen LogP contribution in [0.15, 0.2) is 27.6 Å². The second kappa shape index (κ2) is 6.98. The summed E-state index contributed by atoms with van der Waals surface area (Å²) in [7, 11) is -2.20. The third-order valence-electron chi connectivity index (χ3n) is 4.07. The minimum atomic E-state index is -4.12. The highest BCUT2D eigenvalue weighted by molar-refractivity contribution is 9.10. The molecule has 4 nitrogen and oxygen atoms in total. The zero-order valence-corrected chi connectivity index (χ0v) is 14.9. The first-order chi connectivity index (χ1) is 10.6. The lowest BCUT2D eigenvalue weighted by Gasteiger charge is -2.31. The van der Waals surface area contributed by atoms with E-state index in [2.05, 4.69) is 26.0 Å². The number of anilines is 1. The number of nitrogens with one attached hydrogen (secondary N) is 2. The summed E-state index contributed by atoms with van der Waals surface area (Å²) in [6, 6.07) is 4.50. The van der Waals surface area contributed by atoms with Crippen LogP contribution in [0.25, 0.3) is 0 Å². The highest BCUT2D eigenvalue weighted by Crippen LogP contribution is 2.38. The van der Waals surface area contributed by atoms with Crippen LogP contribution in [-0.2, 0) is 10.0 Å². The summed E-state index contributed by atoms with van der Waals surface area (Å²) >= 11 is 3.30. The smallest absolute Gasteiger partial charge is 0.381 e. The zero-order valence-electron chi connectivity index (χ0n) is 12.5. The third kappa shape index (κ3) is 4.60. The largest absolute Gasteiger partial charge is 0.391 e. The molecule has 9 heteroatoms. The Kier molecular flexibility index (Phi) is 5.63. The van der Waals surface area contributed by atoms with Crippen LogP contribution in [0.3, 0.4) is 0 Å². The average Bonchev–Trinajstić information content (AvgIpc) is 2.49. The Bertz CT molecular complexity index is 656. The van der Waals surface area contributed by atoms with Gasteiger partial charge in [0.2, 0.25) is 10.0 Å². The van der Waals surface area contributed by atoms with Gasteiger partial charge in [0.25, 0.3) is 0 Å². The van der Waals surface area contributed by atoms with Crippen molar-refractivity contribution in [2.24, 2.45) is 5.92 Å². The molecule has 1 saturated carbocycles. The summed E-state index contributed by atoms with van der Waals surface area (Å²) in [5, 5.41) is 3.19. The van der Waals surface area contributed by atoms with Crippen molar-refractivity contribution in [3.05, 3.63) is 22.7 Å². The van der Waals surface area contributed by atoms with E-state index in [1.54, 1.807) is 6.07 Å². The van der Waals surface area contributed by atoms with Gasteiger partial charge in [-0.15, -0.1) is 0 Å². The van der Waals surface area contributed by atoms with E-state index < -0.39 is 22.1 Å². The van der Waals surface area contributed by atoms with Gasteiger partial charge in [0.05, 0.1) is 10.8 Å². The van der Waals surface area contributed by atoms with Crippen LogP contribution in [0.4, 0.5) is 18.9 Å². The molecule has 0 amide bonds. The van der Waals surface area contributed by atoms with E-state index in [0.717, 1.165) is 0 Å². The molecule has 0 saturated heterocycles. The topological polar surface area (TPSA) is 58.2 Å². The fourth-order valence-corrected chi connectivity index (χ4v) is 4.08. The first-order valence-electron chi connectivity index (χ1n) is 7.20. The van der Waals surface area contributed by atoms with Gasteiger partial charge >= 0.3 is 6.18 Å². The van der Waals surface area contributed by atoms with Crippen molar-refractivity contribution >= 4 is 31.6 Å². The lowest BCUT2D eigenvalue weighted by Crippen LogP contribution is -2.32. The normalized spacial score (nSPS) is 22.8. The second-order valence-corrected chi connectivity index (χ2v) is 8.32. The molecule has 0 aliphatic heterocycles. The van der Waals surface area contributed by atoms with Gasteiger partial charge < -0.3 is 5.32 Å². The first kappa shape index (κ1) is 18.5. The number of alkyl halides is 3. The summed E-state index contributed by atoms with van der Waals surface area (Å²) in [4.78, 5) is 0.123. The molecular formula is C14H18BrF3N2O2S. The van der Waals surface area contributed by atoms with E-state index in [4.69, 9.17) is 0 Å². The standard InChI is InChI=1S/C14H18BrF3N2O2S/c1-19-23(21,22)11-6-7-13(12(15)8-11)20-10-4-2-9(3-5-10)14(16,17)18/h6-10,19-20H,2-5H2,1H3/t9-,10-. The molecular weight excluding hydrogens is 397 g/mol. The van der Waals surface area contributed by atoms with Crippen LogP contribution in [0, 0.1) is 5.92 Å². The number of benzene rings is 1. The molecule has 0 spiro atoms. The van der Waals surface area contributed by atoms with Crippen molar-refractivity contribution in [2.45, 2.75) is 42.8 Å². The van der Waals surface area contributed by atoms with Gasteiger partial charge in [0.15, 0.2) is 0 Å². The Morgan fingerprint density at radius 3 is 2.26 bits per heavy atom. The molecule has 2 rings (SSSR count). The van der Waals surface area contributed by atoms with Crippen LogP contribution < -0.4 is 10.0 Å². The van der Waals surface area contributed by atoms with E-state index in [0.29, 0.717) is 23.0 Å². The van der Waals surface area contributed by atoms with Gasteiger partial charge in [-0.2, -0.15) is 13.2 Å². The quantitative estimate of drug-likeness (QED) is 0.785. The molecule has 1 aliphatic carbocycles. The van der Waals surface area contributed by atoms with Gasteiger partial charge in [-0.25, -0.2) is 13.1 Å². The van der Waals surface area contributed by atoms with Gasteiger partial charge in [0, 0.05) is 16.2 Å². The molecule has 1 fully saturated rings. The Hall–Kier alpha value is -0.800. The van der Waals surface area contributed by atoms with E-state index >= 15 is 0 Å². The summed E-state index contributed by atoms with van der Waals surface area (Å²) < 4.78 is 64.2. The van der Waals surface area contributed by atoms with Gasteiger partial charge in [-0.05, 0) is 66.9 Å². The van der Waals surface area contributed by atoms with E-state index in [1.165, 1.54) is 19.2 Å². The number of hydrogen-bond acceptors (Lipinski definition) is 3. The van der Waals surface area contributed by atoms with Crippen LogP contribution in [-0.4, -0.2) is 27.7 Å². The Balaban J connectivity index is 2.02. The molecule has 23 heavy (non-hydrogen) atoms. The van der Waals surface area contributed by atoms with Crippen LogP contribution in [0.5, 0.6) is 0 Å².